The first-order valence-corrected chi connectivity index (χ1v) is 6.45. The van der Waals surface area contributed by atoms with Crippen molar-refractivity contribution < 1.29 is 9.31 Å². The lowest BCUT2D eigenvalue weighted by Crippen LogP contribution is -2.38. The van der Waals surface area contributed by atoms with Crippen molar-refractivity contribution in [2.24, 2.45) is 11.7 Å². The number of nitro groups is 1. The van der Waals surface area contributed by atoms with Crippen molar-refractivity contribution in [1.29, 1.82) is 0 Å². The number of likely N-dealkylation sites (tertiary alicyclic amines) is 1. The van der Waals surface area contributed by atoms with Crippen LogP contribution in [0.3, 0.4) is 0 Å². The molecule has 104 valence electrons. The van der Waals surface area contributed by atoms with E-state index in [1.807, 2.05) is 0 Å². The van der Waals surface area contributed by atoms with Crippen LogP contribution >= 0.6 is 0 Å². The van der Waals surface area contributed by atoms with E-state index in [0.29, 0.717) is 24.6 Å². The molecule has 2 N–H and O–H groups in total. The Balaban J connectivity index is 2.04. The molecular weight excluding hydrogens is 249 g/mol. The zero-order chi connectivity index (χ0) is 13.8. The molecule has 1 fully saturated rings. The van der Waals surface area contributed by atoms with Crippen LogP contribution in [-0.2, 0) is 6.54 Å². The molecule has 6 heteroatoms. The summed E-state index contributed by atoms with van der Waals surface area (Å²) in [7, 11) is 0. The third-order valence-corrected chi connectivity index (χ3v) is 3.58. The van der Waals surface area contributed by atoms with E-state index in [2.05, 4.69) is 4.90 Å². The van der Waals surface area contributed by atoms with Crippen LogP contribution in [0.1, 0.15) is 18.4 Å². The van der Waals surface area contributed by atoms with Crippen molar-refractivity contribution in [3.05, 3.63) is 39.7 Å². The van der Waals surface area contributed by atoms with E-state index in [-0.39, 0.29) is 5.69 Å². The number of rotatable bonds is 4. The predicted molar refractivity (Wildman–Crippen MR) is 70.1 cm³/mol. The number of nitrogens with two attached hydrogens (primary N) is 1. The van der Waals surface area contributed by atoms with Gasteiger partial charge < -0.3 is 5.73 Å². The summed E-state index contributed by atoms with van der Waals surface area (Å²) in [6.45, 7) is 2.93. The second-order valence-corrected chi connectivity index (χ2v) is 5.01. The molecule has 1 heterocycles. The highest BCUT2D eigenvalue weighted by molar-refractivity contribution is 5.34. The first kappa shape index (κ1) is 13.9. The van der Waals surface area contributed by atoms with Crippen LogP contribution in [0.4, 0.5) is 10.1 Å². The molecule has 1 aliphatic rings. The first-order chi connectivity index (χ1) is 9.10. The van der Waals surface area contributed by atoms with Gasteiger partial charge in [0.2, 0.25) is 0 Å². The van der Waals surface area contributed by atoms with Crippen molar-refractivity contribution in [3.63, 3.8) is 0 Å². The summed E-state index contributed by atoms with van der Waals surface area (Å²) in [6.07, 6.45) is 2.19. The zero-order valence-electron chi connectivity index (χ0n) is 10.7. The van der Waals surface area contributed by atoms with Gasteiger partial charge in [0.1, 0.15) is 5.82 Å². The van der Waals surface area contributed by atoms with E-state index in [4.69, 9.17) is 5.73 Å². The van der Waals surface area contributed by atoms with Crippen LogP contribution in [0.5, 0.6) is 0 Å². The van der Waals surface area contributed by atoms with E-state index >= 15 is 0 Å². The lowest BCUT2D eigenvalue weighted by atomic mass is 9.98. The molecule has 1 atom stereocenters. The average molecular weight is 267 g/mol. The minimum absolute atomic E-state index is 0.209. The van der Waals surface area contributed by atoms with Crippen molar-refractivity contribution in [1.82, 2.24) is 4.90 Å². The van der Waals surface area contributed by atoms with Gasteiger partial charge in [0.25, 0.3) is 5.69 Å². The van der Waals surface area contributed by atoms with Crippen molar-refractivity contribution in [2.45, 2.75) is 19.4 Å². The number of non-ortho nitro benzene ring substituents is 1. The van der Waals surface area contributed by atoms with Gasteiger partial charge in [-0.05, 0) is 37.9 Å². The van der Waals surface area contributed by atoms with Gasteiger partial charge in [0.15, 0.2) is 0 Å². The second-order valence-electron chi connectivity index (χ2n) is 5.01. The quantitative estimate of drug-likeness (QED) is 0.668. The predicted octanol–water partition coefficient (Wildman–Crippen LogP) is 1.90. The smallest absolute Gasteiger partial charge is 0.272 e. The van der Waals surface area contributed by atoms with Gasteiger partial charge >= 0.3 is 0 Å². The lowest BCUT2D eigenvalue weighted by Gasteiger charge is -2.32. The molecule has 0 spiro atoms. The van der Waals surface area contributed by atoms with Crippen molar-refractivity contribution >= 4 is 5.69 Å². The highest BCUT2D eigenvalue weighted by atomic mass is 19.1. The summed E-state index contributed by atoms with van der Waals surface area (Å²) in [5, 5.41) is 10.6. The Morgan fingerprint density at radius 1 is 1.53 bits per heavy atom. The van der Waals surface area contributed by atoms with Gasteiger partial charge in [-0.15, -0.1) is 0 Å². The van der Waals surface area contributed by atoms with Crippen LogP contribution in [-0.4, -0.2) is 29.5 Å². The molecule has 0 bridgehead atoms. The number of piperidine rings is 1. The molecule has 1 aromatic rings. The monoisotopic (exact) mass is 267 g/mol. The van der Waals surface area contributed by atoms with Gasteiger partial charge in [-0.2, -0.15) is 0 Å². The lowest BCUT2D eigenvalue weighted by molar-refractivity contribution is -0.385. The molecule has 5 nitrogen and oxygen atoms in total. The topological polar surface area (TPSA) is 72.4 Å². The Morgan fingerprint density at radius 3 is 2.95 bits per heavy atom. The van der Waals surface area contributed by atoms with Crippen LogP contribution in [0, 0.1) is 21.8 Å². The standard InChI is InChI=1S/C13H18FN3O2/c14-13-6-12(17(18)19)4-3-11(13)9-16-5-1-2-10(7-15)8-16/h3-4,6,10H,1-2,5,7-9,15H2. The third-order valence-electron chi connectivity index (χ3n) is 3.58. The van der Waals surface area contributed by atoms with Crippen LogP contribution in [0.2, 0.25) is 0 Å². The molecule has 0 radical (unpaired) electrons. The summed E-state index contributed by atoms with van der Waals surface area (Å²) in [6, 6.07) is 3.84. The molecule has 1 aliphatic heterocycles. The van der Waals surface area contributed by atoms with Crippen LogP contribution < -0.4 is 5.73 Å². The van der Waals surface area contributed by atoms with Crippen molar-refractivity contribution in [2.75, 3.05) is 19.6 Å². The molecule has 1 unspecified atom stereocenters. The summed E-state index contributed by atoms with van der Waals surface area (Å²) >= 11 is 0. The Kier molecular flexibility index (Phi) is 4.44. The van der Waals surface area contributed by atoms with E-state index < -0.39 is 10.7 Å². The van der Waals surface area contributed by atoms with Gasteiger partial charge in [-0.25, -0.2) is 4.39 Å². The largest absolute Gasteiger partial charge is 0.330 e. The molecule has 0 saturated carbocycles. The Bertz CT molecular complexity index is 467. The minimum Gasteiger partial charge on any atom is -0.330 e. The maximum atomic E-state index is 13.8. The minimum atomic E-state index is -0.585. The van der Waals surface area contributed by atoms with E-state index in [0.717, 1.165) is 32.0 Å². The number of hydrogen-bond acceptors (Lipinski definition) is 4. The second kappa shape index (κ2) is 6.08. The summed E-state index contributed by atoms with van der Waals surface area (Å²) in [5.41, 5.74) is 5.96. The summed E-state index contributed by atoms with van der Waals surface area (Å²) in [5.74, 6) is -0.0427. The average Bonchev–Trinajstić information content (AvgIpc) is 2.41. The molecule has 0 aliphatic carbocycles. The molecule has 1 saturated heterocycles. The van der Waals surface area contributed by atoms with E-state index in [9.17, 15) is 14.5 Å². The third kappa shape index (κ3) is 3.48. The van der Waals surface area contributed by atoms with Gasteiger partial charge in [-0.3, -0.25) is 15.0 Å². The fourth-order valence-electron chi connectivity index (χ4n) is 2.51. The normalized spacial score (nSPS) is 20.4. The molecule has 1 aromatic carbocycles. The van der Waals surface area contributed by atoms with E-state index in [1.54, 1.807) is 0 Å². The van der Waals surface area contributed by atoms with Crippen molar-refractivity contribution in [3.8, 4) is 0 Å². The highest BCUT2D eigenvalue weighted by Crippen LogP contribution is 2.21. The SMILES string of the molecule is NCC1CCCN(Cc2ccc([N+](=O)[O-])cc2F)C1. The van der Waals surface area contributed by atoms with Crippen LogP contribution in [0.25, 0.3) is 0 Å². The fraction of sp³-hybridized carbons (Fsp3) is 0.538. The summed E-state index contributed by atoms with van der Waals surface area (Å²) < 4.78 is 13.8. The molecule has 19 heavy (non-hydrogen) atoms. The van der Waals surface area contributed by atoms with Gasteiger partial charge in [0.05, 0.1) is 11.0 Å². The first-order valence-electron chi connectivity index (χ1n) is 6.45. The highest BCUT2D eigenvalue weighted by Gasteiger charge is 2.20. The van der Waals surface area contributed by atoms with E-state index in [1.165, 1.54) is 12.1 Å². The Hall–Kier alpha value is -1.53. The maximum absolute atomic E-state index is 13.8. The number of hydrogen-bond donors (Lipinski definition) is 1. The summed E-state index contributed by atoms with van der Waals surface area (Å²) in [4.78, 5) is 12.1. The number of halogens is 1. The molecule has 0 aromatic heterocycles. The van der Waals surface area contributed by atoms with Gasteiger partial charge in [-0.1, -0.05) is 0 Å². The number of nitrogens with zero attached hydrogens (tertiary/aromatic N) is 2. The van der Waals surface area contributed by atoms with Gasteiger partial charge in [0, 0.05) is 24.7 Å². The molecule has 0 amide bonds. The molecular formula is C13H18FN3O2. The Labute approximate surface area is 111 Å². The van der Waals surface area contributed by atoms with Crippen LogP contribution in [0.15, 0.2) is 18.2 Å². The number of nitro benzene ring substituents is 1. The number of benzene rings is 1. The molecule has 2 rings (SSSR count). The Morgan fingerprint density at radius 2 is 2.32 bits per heavy atom. The maximum Gasteiger partial charge on any atom is 0.272 e. The fourth-order valence-corrected chi connectivity index (χ4v) is 2.51. The zero-order valence-corrected chi connectivity index (χ0v) is 10.7.